The van der Waals surface area contributed by atoms with Gasteiger partial charge in [-0.1, -0.05) is 170 Å². The highest BCUT2D eigenvalue weighted by molar-refractivity contribution is 6.03. The fourth-order valence-corrected chi connectivity index (χ4v) is 9.42. The third-order valence-corrected chi connectivity index (χ3v) is 12.1. The van der Waals surface area contributed by atoms with E-state index < -0.39 is 5.41 Å². The normalized spacial score (nSPS) is 12.9. The Kier molecular flexibility index (Phi) is 7.69. The van der Waals surface area contributed by atoms with E-state index in [1.807, 2.05) is 72.9 Å². The second kappa shape index (κ2) is 13.5. The summed E-state index contributed by atoms with van der Waals surface area (Å²) < 4.78 is 6.72. The van der Waals surface area contributed by atoms with Gasteiger partial charge in [0.15, 0.2) is 17.5 Å². The lowest BCUT2D eigenvalue weighted by Crippen LogP contribution is -2.32. The van der Waals surface area contributed by atoms with E-state index in [-0.39, 0.29) is 0 Å². The Labute approximate surface area is 347 Å². The summed E-state index contributed by atoms with van der Waals surface area (Å²) in [4.78, 5) is 20.3. The molecule has 0 N–H and O–H groups in total. The van der Waals surface area contributed by atoms with Crippen molar-refractivity contribution in [1.82, 2.24) is 19.9 Å². The Morgan fingerprint density at radius 2 is 0.800 bits per heavy atom. The first-order valence-corrected chi connectivity index (χ1v) is 20.2. The van der Waals surface area contributed by atoms with Gasteiger partial charge in [-0.15, -0.1) is 0 Å². The Balaban J connectivity index is 1.11. The van der Waals surface area contributed by atoms with Gasteiger partial charge in [0.2, 0.25) is 0 Å². The summed E-state index contributed by atoms with van der Waals surface area (Å²) in [5.41, 5.74) is 14.4. The van der Waals surface area contributed by atoms with Crippen molar-refractivity contribution in [3.63, 3.8) is 0 Å². The number of aromatic nitrogens is 4. The molecule has 0 atom stereocenters. The molecule has 1 aliphatic heterocycles. The van der Waals surface area contributed by atoms with Gasteiger partial charge in [0, 0.05) is 45.0 Å². The molecule has 0 fully saturated rings. The minimum absolute atomic E-state index is 0.613. The van der Waals surface area contributed by atoms with Crippen LogP contribution in [-0.2, 0) is 5.41 Å². The van der Waals surface area contributed by atoms with Gasteiger partial charge in [-0.25, -0.2) is 15.0 Å². The molecule has 8 aromatic carbocycles. The quantitative estimate of drug-likeness (QED) is 0.175. The number of para-hydroxylation sites is 2. The molecule has 3 heterocycles. The van der Waals surface area contributed by atoms with Crippen LogP contribution in [0.4, 0.5) is 0 Å². The van der Waals surface area contributed by atoms with Gasteiger partial charge in [0.25, 0.3) is 0 Å². The van der Waals surface area contributed by atoms with Crippen molar-refractivity contribution in [2.24, 2.45) is 0 Å². The lowest BCUT2D eigenvalue weighted by molar-refractivity contribution is 0.436. The number of rotatable bonds is 5. The highest BCUT2D eigenvalue weighted by Gasteiger charge is 2.51. The fraction of sp³-hybridized carbons (Fsp3) is 0.0182. The number of hydrogen-bond acceptors (Lipinski definition) is 5. The van der Waals surface area contributed by atoms with Gasteiger partial charge in [-0.2, -0.15) is 0 Å². The zero-order valence-electron chi connectivity index (χ0n) is 32.3. The van der Waals surface area contributed by atoms with E-state index >= 15 is 0 Å². The third-order valence-electron chi connectivity index (χ3n) is 12.1. The molecule has 1 spiro atoms. The van der Waals surface area contributed by atoms with E-state index in [9.17, 15) is 0 Å². The average molecular weight is 767 g/mol. The SMILES string of the molecule is c1ccc(-c2nc(-c3ccccc3)nc(-c3ccc4c(c3)C3(c5ccccc5Oc5ccccc53)c3cc(-c5ccc(-c6ccccc6)c6cccnc56)ccc3-4)n2)cc1. The maximum atomic E-state index is 6.72. The van der Waals surface area contributed by atoms with Crippen LogP contribution in [-0.4, -0.2) is 19.9 Å². The first-order valence-electron chi connectivity index (χ1n) is 20.2. The predicted octanol–water partition coefficient (Wildman–Crippen LogP) is 13.2. The molecule has 0 saturated heterocycles. The number of pyridine rings is 1. The number of benzene rings is 8. The summed E-state index contributed by atoms with van der Waals surface area (Å²) in [7, 11) is 0. The molecule has 0 radical (unpaired) electrons. The summed E-state index contributed by atoms with van der Waals surface area (Å²) in [5, 5.41) is 1.12. The second-order valence-electron chi connectivity index (χ2n) is 15.3. The summed E-state index contributed by atoms with van der Waals surface area (Å²) in [5.74, 6) is 3.54. The molecule has 0 unspecified atom stereocenters. The highest BCUT2D eigenvalue weighted by Crippen LogP contribution is 2.63. The zero-order chi connectivity index (χ0) is 39.6. The van der Waals surface area contributed by atoms with Crippen molar-refractivity contribution in [3.8, 4) is 79.0 Å². The van der Waals surface area contributed by atoms with Gasteiger partial charge in [-0.3, -0.25) is 4.98 Å². The van der Waals surface area contributed by atoms with Crippen LogP contribution in [0.3, 0.4) is 0 Å². The number of ether oxygens (including phenoxy) is 1. The molecule has 5 nitrogen and oxygen atoms in total. The summed E-state index contributed by atoms with van der Waals surface area (Å²) in [6, 6.07) is 70.1. The van der Waals surface area contributed by atoms with Gasteiger partial charge in [0.05, 0.1) is 10.9 Å². The monoisotopic (exact) mass is 766 g/mol. The van der Waals surface area contributed by atoms with E-state index in [0.29, 0.717) is 17.5 Å². The summed E-state index contributed by atoms with van der Waals surface area (Å²) in [6.07, 6.45) is 1.89. The highest BCUT2D eigenvalue weighted by atomic mass is 16.5. The molecule has 5 heteroatoms. The molecule has 2 aliphatic rings. The minimum atomic E-state index is -0.715. The van der Waals surface area contributed by atoms with Crippen molar-refractivity contribution < 1.29 is 4.74 Å². The molecule has 2 aromatic heterocycles. The van der Waals surface area contributed by atoms with E-state index in [4.69, 9.17) is 24.7 Å². The molecular formula is C55H34N4O. The van der Waals surface area contributed by atoms with Gasteiger partial charge < -0.3 is 4.74 Å². The van der Waals surface area contributed by atoms with E-state index in [1.165, 1.54) is 16.7 Å². The first-order chi connectivity index (χ1) is 29.7. The second-order valence-corrected chi connectivity index (χ2v) is 15.3. The molecule has 280 valence electrons. The lowest BCUT2D eigenvalue weighted by atomic mass is 9.65. The van der Waals surface area contributed by atoms with Crippen LogP contribution in [0.15, 0.2) is 206 Å². The van der Waals surface area contributed by atoms with Crippen molar-refractivity contribution in [2.75, 3.05) is 0 Å². The molecule has 0 amide bonds. The largest absolute Gasteiger partial charge is 0.457 e. The smallest absolute Gasteiger partial charge is 0.164 e. The number of fused-ring (bicyclic) bond motifs is 10. The van der Waals surface area contributed by atoms with E-state index in [0.717, 1.165) is 78.0 Å². The average Bonchev–Trinajstić information content (AvgIpc) is 3.61. The third kappa shape index (κ3) is 5.19. The minimum Gasteiger partial charge on any atom is -0.457 e. The standard InChI is InChI=1S/C55H34N4O/c1-4-15-35(16-5-1)40-30-31-41(51-44(40)21-14-32-56-51)38-26-28-42-43-29-27-39(54-58-52(36-17-6-2-7-18-36)57-53(59-54)37-19-8-3-9-20-37)34-48(43)55(47(42)33-38)45-22-10-12-24-49(45)60-50-25-13-11-23-46(50)55/h1-34H. The van der Waals surface area contributed by atoms with Crippen LogP contribution < -0.4 is 4.74 Å². The maximum absolute atomic E-state index is 6.72. The molecule has 0 bridgehead atoms. The van der Waals surface area contributed by atoms with Crippen LogP contribution in [0.25, 0.3) is 78.4 Å². The Hall–Kier alpha value is -8.02. The maximum Gasteiger partial charge on any atom is 0.164 e. The zero-order valence-corrected chi connectivity index (χ0v) is 32.3. The molecule has 1 aliphatic carbocycles. The Morgan fingerprint density at radius 3 is 1.40 bits per heavy atom. The van der Waals surface area contributed by atoms with Gasteiger partial charge >= 0.3 is 0 Å². The fourth-order valence-electron chi connectivity index (χ4n) is 9.42. The summed E-state index contributed by atoms with van der Waals surface area (Å²) >= 11 is 0. The number of hydrogen-bond donors (Lipinski definition) is 0. The molecule has 60 heavy (non-hydrogen) atoms. The predicted molar refractivity (Wildman–Crippen MR) is 240 cm³/mol. The Morgan fingerprint density at radius 1 is 0.333 bits per heavy atom. The van der Waals surface area contributed by atoms with Crippen LogP contribution in [0.1, 0.15) is 22.3 Å². The summed E-state index contributed by atoms with van der Waals surface area (Å²) in [6.45, 7) is 0. The molecule has 10 aromatic rings. The van der Waals surface area contributed by atoms with Gasteiger partial charge in [0.1, 0.15) is 11.5 Å². The van der Waals surface area contributed by atoms with Crippen LogP contribution in [0.2, 0.25) is 0 Å². The molecule has 12 rings (SSSR count). The van der Waals surface area contributed by atoms with E-state index in [2.05, 4.69) is 133 Å². The topological polar surface area (TPSA) is 60.8 Å². The van der Waals surface area contributed by atoms with Crippen LogP contribution >= 0.6 is 0 Å². The molecule has 0 saturated carbocycles. The van der Waals surface area contributed by atoms with Crippen molar-refractivity contribution >= 4 is 10.9 Å². The van der Waals surface area contributed by atoms with Crippen molar-refractivity contribution in [3.05, 3.63) is 229 Å². The van der Waals surface area contributed by atoms with Gasteiger partial charge in [-0.05, 0) is 69.3 Å². The number of nitrogens with zero attached hydrogens (tertiary/aromatic N) is 4. The van der Waals surface area contributed by atoms with E-state index in [1.54, 1.807) is 0 Å². The van der Waals surface area contributed by atoms with Crippen LogP contribution in [0.5, 0.6) is 11.5 Å². The van der Waals surface area contributed by atoms with Crippen LogP contribution in [0, 0.1) is 0 Å². The van der Waals surface area contributed by atoms with Crippen molar-refractivity contribution in [1.29, 1.82) is 0 Å². The Bertz CT molecular complexity index is 3190. The molecular weight excluding hydrogens is 733 g/mol. The lowest BCUT2D eigenvalue weighted by Gasteiger charge is -2.39. The first kappa shape index (κ1) is 34.1. The van der Waals surface area contributed by atoms with Crippen molar-refractivity contribution in [2.45, 2.75) is 5.41 Å².